The number of aromatic nitrogens is 2. The number of rotatable bonds is 3. The van der Waals surface area contributed by atoms with Crippen molar-refractivity contribution < 1.29 is 9.53 Å². The van der Waals surface area contributed by atoms with E-state index in [9.17, 15) is 4.79 Å². The lowest BCUT2D eigenvalue weighted by molar-refractivity contribution is 0.102. The molecule has 2 N–H and O–H groups in total. The normalized spacial score (nSPS) is 13.3. The second-order valence-corrected chi connectivity index (χ2v) is 5.17. The monoisotopic (exact) mass is 286 g/mol. The summed E-state index contributed by atoms with van der Waals surface area (Å²) in [6.45, 7) is 5.33. The van der Waals surface area contributed by atoms with E-state index in [0.717, 1.165) is 12.2 Å². The Bertz CT molecular complexity index is 663. The summed E-state index contributed by atoms with van der Waals surface area (Å²) in [6.07, 6.45) is 1.67. The van der Waals surface area contributed by atoms with Crippen LogP contribution in [0.1, 0.15) is 30.2 Å². The van der Waals surface area contributed by atoms with Gasteiger partial charge in [-0.05, 0) is 26.0 Å². The number of anilines is 2. The maximum absolute atomic E-state index is 12.5. The number of nitrogens with zero attached hydrogens (tertiary/aromatic N) is 2. The summed E-state index contributed by atoms with van der Waals surface area (Å²) in [5, 5.41) is 10.3. The van der Waals surface area contributed by atoms with Crippen molar-refractivity contribution in [2.24, 2.45) is 0 Å². The van der Waals surface area contributed by atoms with Gasteiger partial charge in [0.25, 0.3) is 5.91 Å². The Morgan fingerprint density at radius 3 is 3.10 bits per heavy atom. The molecule has 21 heavy (non-hydrogen) atoms. The summed E-state index contributed by atoms with van der Waals surface area (Å²) in [6, 6.07) is 7.47. The molecule has 0 unspecified atom stereocenters. The lowest BCUT2D eigenvalue weighted by atomic mass is 10.1. The summed E-state index contributed by atoms with van der Waals surface area (Å²) >= 11 is 0. The molecule has 0 spiro atoms. The van der Waals surface area contributed by atoms with E-state index in [-0.39, 0.29) is 11.9 Å². The number of hydrogen-bond donors (Lipinski definition) is 2. The van der Waals surface area contributed by atoms with Gasteiger partial charge in [-0.1, -0.05) is 6.07 Å². The lowest BCUT2D eigenvalue weighted by Crippen LogP contribution is -2.22. The summed E-state index contributed by atoms with van der Waals surface area (Å²) in [5.41, 5.74) is 1.38. The molecule has 3 rings (SSSR count). The Balaban J connectivity index is 1.88. The fraction of sp³-hybridized carbons (Fsp3) is 0.333. The Morgan fingerprint density at radius 1 is 1.43 bits per heavy atom. The predicted octanol–water partition coefficient (Wildman–Crippen LogP) is 2.52. The van der Waals surface area contributed by atoms with Crippen molar-refractivity contribution in [3.63, 3.8) is 0 Å². The second kappa shape index (κ2) is 5.47. The topological polar surface area (TPSA) is 68.2 Å². The van der Waals surface area contributed by atoms with Crippen molar-refractivity contribution in [2.75, 3.05) is 23.8 Å². The molecule has 2 aromatic rings. The molecule has 1 aliphatic rings. The molecule has 6 nitrogen and oxygen atoms in total. The van der Waals surface area contributed by atoms with Crippen LogP contribution >= 0.6 is 0 Å². The first-order valence-electron chi connectivity index (χ1n) is 7.01. The average molecular weight is 286 g/mol. The average Bonchev–Trinajstić information content (AvgIpc) is 2.95. The van der Waals surface area contributed by atoms with Crippen LogP contribution in [0.5, 0.6) is 5.75 Å². The van der Waals surface area contributed by atoms with E-state index >= 15 is 0 Å². The van der Waals surface area contributed by atoms with Gasteiger partial charge in [0.15, 0.2) is 5.75 Å². The van der Waals surface area contributed by atoms with Gasteiger partial charge >= 0.3 is 0 Å². The third kappa shape index (κ3) is 2.56. The molecule has 1 aliphatic heterocycles. The van der Waals surface area contributed by atoms with Crippen molar-refractivity contribution in [3.05, 3.63) is 36.0 Å². The molecule has 1 aromatic carbocycles. The predicted molar refractivity (Wildman–Crippen MR) is 81.0 cm³/mol. The molecule has 1 aromatic heterocycles. The number of para-hydroxylation sites is 1. The van der Waals surface area contributed by atoms with Crippen LogP contribution in [0.3, 0.4) is 0 Å². The summed E-state index contributed by atoms with van der Waals surface area (Å²) in [5.74, 6) is 1.09. The van der Waals surface area contributed by atoms with Crippen molar-refractivity contribution in [1.29, 1.82) is 0 Å². The number of amides is 1. The number of benzene rings is 1. The molecular formula is C15H18N4O2. The highest BCUT2D eigenvalue weighted by Crippen LogP contribution is 2.31. The number of nitrogens with one attached hydrogen (secondary N) is 2. The first kappa shape index (κ1) is 13.5. The largest absolute Gasteiger partial charge is 0.489 e. The molecule has 1 amide bonds. The van der Waals surface area contributed by atoms with E-state index in [1.807, 2.05) is 26.0 Å². The maximum Gasteiger partial charge on any atom is 0.260 e. The van der Waals surface area contributed by atoms with E-state index in [2.05, 4.69) is 15.7 Å². The third-order valence-electron chi connectivity index (χ3n) is 3.32. The summed E-state index contributed by atoms with van der Waals surface area (Å²) in [7, 11) is 0. The Morgan fingerprint density at radius 2 is 2.29 bits per heavy atom. The van der Waals surface area contributed by atoms with Crippen LogP contribution < -0.4 is 15.4 Å². The molecule has 0 radical (unpaired) electrons. The molecular weight excluding hydrogens is 268 g/mol. The highest BCUT2D eigenvalue weighted by Gasteiger charge is 2.20. The van der Waals surface area contributed by atoms with Gasteiger partial charge in [0.05, 0.1) is 17.4 Å². The number of fused-ring (bicyclic) bond motifs is 1. The van der Waals surface area contributed by atoms with Crippen LogP contribution in [-0.2, 0) is 0 Å². The molecule has 0 saturated heterocycles. The van der Waals surface area contributed by atoms with Crippen LogP contribution in [0, 0.1) is 0 Å². The van der Waals surface area contributed by atoms with Crippen molar-refractivity contribution in [1.82, 2.24) is 9.78 Å². The lowest BCUT2D eigenvalue weighted by Gasteiger charge is -2.21. The number of hydrogen-bond acceptors (Lipinski definition) is 4. The zero-order chi connectivity index (χ0) is 14.8. The van der Waals surface area contributed by atoms with Gasteiger partial charge in [-0.15, -0.1) is 0 Å². The van der Waals surface area contributed by atoms with Gasteiger partial charge in [-0.2, -0.15) is 5.10 Å². The van der Waals surface area contributed by atoms with Gasteiger partial charge in [0.1, 0.15) is 12.4 Å². The van der Waals surface area contributed by atoms with Crippen LogP contribution in [0.4, 0.5) is 11.5 Å². The molecule has 2 heterocycles. The first-order valence-corrected chi connectivity index (χ1v) is 7.01. The van der Waals surface area contributed by atoms with Gasteiger partial charge < -0.3 is 15.4 Å². The zero-order valence-electron chi connectivity index (χ0n) is 12.1. The highest BCUT2D eigenvalue weighted by molar-refractivity contribution is 6.07. The van der Waals surface area contributed by atoms with Crippen LogP contribution in [-0.4, -0.2) is 28.8 Å². The van der Waals surface area contributed by atoms with E-state index in [1.165, 1.54) is 0 Å². The van der Waals surface area contributed by atoms with E-state index in [1.54, 1.807) is 23.0 Å². The first-order chi connectivity index (χ1) is 10.2. The smallest absolute Gasteiger partial charge is 0.260 e. The fourth-order valence-electron chi connectivity index (χ4n) is 2.36. The SMILES string of the molecule is CC(C)n1nccc1NC(=O)c1cccc2c1OCCN2. The maximum atomic E-state index is 12.5. The van der Waals surface area contributed by atoms with E-state index in [0.29, 0.717) is 23.7 Å². The van der Waals surface area contributed by atoms with Crippen molar-refractivity contribution >= 4 is 17.4 Å². The minimum absolute atomic E-state index is 0.179. The van der Waals surface area contributed by atoms with Crippen LogP contribution in [0.25, 0.3) is 0 Å². The number of carbonyl (C=O) groups excluding carboxylic acids is 1. The minimum Gasteiger partial charge on any atom is -0.489 e. The standard InChI is InChI=1S/C15H18N4O2/c1-10(2)19-13(6-7-17-19)18-15(20)11-4-3-5-12-14(11)21-9-8-16-12/h3-7,10,16H,8-9H2,1-2H3,(H,18,20). The quantitative estimate of drug-likeness (QED) is 0.909. The molecule has 0 fully saturated rings. The van der Waals surface area contributed by atoms with E-state index in [4.69, 9.17) is 4.74 Å². The minimum atomic E-state index is -0.196. The van der Waals surface area contributed by atoms with Crippen LogP contribution in [0.15, 0.2) is 30.5 Å². The van der Waals surface area contributed by atoms with Gasteiger partial charge in [0.2, 0.25) is 0 Å². The van der Waals surface area contributed by atoms with Gasteiger partial charge in [0, 0.05) is 18.7 Å². The Labute approximate surface area is 123 Å². The number of ether oxygens (including phenoxy) is 1. The number of carbonyl (C=O) groups is 1. The molecule has 6 heteroatoms. The summed E-state index contributed by atoms with van der Waals surface area (Å²) < 4.78 is 7.40. The molecule has 0 atom stereocenters. The molecule has 0 saturated carbocycles. The zero-order valence-corrected chi connectivity index (χ0v) is 12.1. The third-order valence-corrected chi connectivity index (χ3v) is 3.32. The van der Waals surface area contributed by atoms with E-state index < -0.39 is 0 Å². The second-order valence-electron chi connectivity index (χ2n) is 5.17. The molecule has 0 bridgehead atoms. The Kier molecular flexibility index (Phi) is 3.51. The Hall–Kier alpha value is -2.50. The molecule has 0 aliphatic carbocycles. The fourth-order valence-corrected chi connectivity index (χ4v) is 2.36. The summed E-state index contributed by atoms with van der Waals surface area (Å²) in [4.78, 5) is 12.5. The highest BCUT2D eigenvalue weighted by atomic mass is 16.5. The molecule has 110 valence electrons. The van der Waals surface area contributed by atoms with Crippen LogP contribution in [0.2, 0.25) is 0 Å². The van der Waals surface area contributed by atoms with Crippen molar-refractivity contribution in [3.8, 4) is 5.75 Å². The van der Waals surface area contributed by atoms with Gasteiger partial charge in [-0.25, -0.2) is 4.68 Å². The van der Waals surface area contributed by atoms with Crippen molar-refractivity contribution in [2.45, 2.75) is 19.9 Å². The van der Waals surface area contributed by atoms with Gasteiger partial charge in [-0.3, -0.25) is 4.79 Å².